The predicted molar refractivity (Wildman–Crippen MR) is 24.2 cm³/mol. The van der Waals surface area contributed by atoms with Crippen LogP contribution in [-0.2, 0) is 0 Å². The zero-order valence-electron chi connectivity index (χ0n) is 4.81. The maximum Gasteiger partial charge on any atom is 1.00 e. The van der Waals surface area contributed by atoms with Crippen molar-refractivity contribution in [3.63, 3.8) is 0 Å². The van der Waals surface area contributed by atoms with Crippen LogP contribution in [0.2, 0.25) is 0 Å². The summed E-state index contributed by atoms with van der Waals surface area (Å²) < 4.78 is 0. The predicted octanol–water partition coefficient (Wildman–Crippen LogP) is -3.05. The first kappa shape index (κ1) is 8.61. The van der Waals surface area contributed by atoms with Crippen LogP contribution in [0.4, 0.5) is 5.69 Å². The largest absolute Gasteiger partial charge is 1.00 e. The average molecular weight is 135 g/mol. The van der Waals surface area contributed by atoms with E-state index >= 15 is 0 Å². The molecule has 0 unspecified atom stereocenters. The molecule has 0 aliphatic heterocycles. The van der Waals surface area contributed by atoms with E-state index in [9.17, 15) is 10.1 Å². The van der Waals surface area contributed by atoms with Gasteiger partial charge in [-0.1, -0.05) is 6.20 Å². The van der Waals surface area contributed by atoms with Crippen LogP contribution >= 0.6 is 0 Å². The van der Waals surface area contributed by atoms with Crippen LogP contribution in [-0.4, -0.2) is 10.0 Å². The molecule has 1 aromatic heterocycles. The summed E-state index contributed by atoms with van der Waals surface area (Å²) in [5.74, 6) is 0. The Morgan fingerprint density at radius 3 is 2.67 bits per heavy atom. The van der Waals surface area contributed by atoms with Crippen molar-refractivity contribution >= 4 is 5.69 Å². The van der Waals surface area contributed by atoms with Gasteiger partial charge >= 0.3 is 29.6 Å². The molecule has 0 saturated carbocycles. The van der Waals surface area contributed by atoms with Gasteiger partial charge in [0.2, 0.25) is 0 Å². The van der Waals surface area contributed by atoms with Crippen molar-refractivity contribution in [2.75, 3.05) is 0 Å². The van der Waals surface area contributed by atoms with E-state index in [4.69, 9.17) is 0 Å². The van der Waals surface area contributed by atoms with Crippen molar-refractivity contribution in [3.8, 4) is 0 Å². The standard InChI is InChI=1S/C3H2N3O2.Na/c7-6(8)3-1-4-5-2-3;/h1-2H;/q-1;+1. The molecular formula is C3H2N3NaO2. The third kappa shape index (κ3) is 2.13. The molecule has 0 fully saturated rings. The first-order valence-electron chi connectivity index (χ1n) is 1.88. The molecule has 1 heterocycles. The Hall–Kier alpha value is -0.390. The summed E-state index contributed by atoms with van der Waals surface area (Å²) in [6, 6.07) is 0. The number of aromatic nitrogens is 2. The molecule has 6 heteroatoms. The Balaban J connectivity index is 0.000000640. The van der Waals surface area contributed by atoms with E-state index in [0.29, 0.717) is 0 Å². The fourth-order valence-corrected chi connectivity index (χ4v) is 0.313. The van der Waals surface area contributed by atoms with Crippen molar-refractivity contribution in [2.45, 2.75) is 0 Å². The molecule has 1 rings (SSSR count). The van der Waals surface area contributed by atoms with Gasteiger partial charge in [-0.05, 0) is 0 Å². The molecule has 9 heavy (non-hydrogen) atoms. The maximum absolute atomic E-state index is 9.79. The minimum Gasteiger partial charge on any atom is -0.576 e. The van der Waals surface area contributed by atoms with Crippen LogP contribution in [0.15, 0.2) is 12.4 Å². The molecule has 0 saturated heterocycles. The van der Waals surface area contributed by atoms with E-state index in [0.717, 1.165) is 12.4 Å². The zero-order valence-corrected chi connectivity index (χ0v) is 6.81. The molecule has 0 aliphatic carbocycles. The van der Waals surface area contributed by atoms with Crippen LogP contribution in [0, 0.1) is 10.1 Å². The van der Waals surface area contributed by atoms with Gasteiger partial charge in [-0.3, -0.25) is 10.1 Å². The van der Waals surface area contributed by atoms with E-state index in [2.05, 4.69) is 10.2 Å². The normalized spacial score (nSPS) is 8.00. The Labute approximate surface area is 72.9 Å². The third-order valence-electron chi connectivity index (χ3n) is 0.657. The van der Waals surface area contributed by atoms with Gasteiger partial charge in [0.05, 0.1) is 11.1 Å². The Morgan fingerprint density at radius 1 is 1.78 bits per heavy atom. The minimum absolute atomic E-state index is 0. The molecule has 0 bridgehead atoms. The smallest absolute Gasteiger partial charge is 0.576 e. The van der Waals surface area contributed by atoms with E-state index in [1.165, 1.54) is 0 Å². The molecule has 1 aromatic rings. The molecule has 0 aliphatic rings. The Bertz CT molecular complexity index is 185. The van der Waals surface area contributed by atoms with E-state index in [1.54, 1.807) is 0 Å². The SMILES string of the molecule is O=[N+]([O-])c1cn[n-]c1.[Na+]. The molecule has 42 valence electrons. The van der Waals surface area contributed by atoms with Crippen molar-refractivity contribution in [1.29, 1.82) is 0 Å². The molecule has 0 amide bonds. The average Bonchev–Trinajstić information content (AvgIpc) is 2.12. The topological polar surface area (TPSA) is 70.1 Å². The monoisotopic (exact) mass is 135 g/mol. The van der Waals surface area contributed by atoms with Crippen LogP contribution in [0.5, 0.6) is 0 Å². The van der Waals surface area contributed by atoms with Gasteiger partial charge < -0.3 is 10.2 Å². The van der Waals surface area contributed by atoms with Gasteiger partial charge in [-0.2, -0.15) is 0 Å². The summed E-state index contributed by atoms with van der Waals surface area (Å²) in [6.07, 6.45) is 2.19. The van der Waals surface area contributed by atoms with E-state index in [1.807, 2.05) is 0 Å². The Kier molecular flexibility index (Phi) is 3.44. The quantitative estimate of drug-likeness (QED) is 0.233. The second-order valence-corrected chi connectivity index (χ2v) is 1.17. The van der Waals surface area contributed by atoms with Crippen LogP contribution < -0.4 is 34.7 Å². The number of rotatable bonds is 1. The summed E-state index contributed by atoms with van der Waals surface area (Å²) in [6.45, 7) is 0. The molecule has 0 aromatic carbocycles. The van der Waals surface area contributed by atoms with Gasteiger partial charge in [-0.25, -0.2) is 0 Å². The van der Waals surface area contributed by atoms with Crippen LogP contribution in [0.3, 0.4) is 0 Å². The zero-order chi connectivity index (χ0) is 5.98. The van der Waals surface area contributed by atoms with E-state index in [-0.39, 0.29) is 35.2 Å². The van der Waals surface area contributed by atoms with Gasteiger partial charge in [0, 0.05) is 0 Å². The summed E-state index contributed by atoms with van der Waals surface area (Å²) in [5.41, 5.74) is -0.0648. The molecular weight excluding hydrogens is 133 g/mol. The fourth-order valence-electron chi connectivity index (χ4n) is 0.313. The second-order valence-electron chi connectivity index (χ2n) is 1.17. The van der Waals surface area contributed by atoms with Crippen molar-refractivity contribution in [3.05, 3.63) is 22.5 Å². The Morgan fingerprint density at radius 2 is 2.44 bits per heavy atom. The molecule has 0 spiro atoms. The van der Waals surface area contributed by atoms with Gasteiger partial charge in [0.1, 0.15) is 0 Å². The first-order chi connectivity index (χ1) is 3.80. The minimum atomic E-state index is -0.542. The number of hydrogen-bond acceptors (Lipinski definition) is 3. The van der Waals surface area contributed by atoms with Crippen LogP contribution in [0.25, 0.3) is 0 Å². The fraction of sp³-hybridized carbons (Fsp3) is 0. The number of nitrogens with zero attached hydrogens (tertiary/aromatic N) is 3. The van der Waals surface area contributed by atoms with Gasteiger partial charge in [-0.15, -0.1) is 0 Å². The molecule has 0 atom stereocenters. The summed E-state index contributed by atoms with van der Waals surface area (Å²) in [5, 5.41) is 16.3. The van der Waals surface area contributed by atoms with Crippen LogP contribution in [0.1, 0.15) is 0 Å². The third-order valence-corrected chi connectivity index (χ3v) is 0.657. The van der Waals surface area contributed by atoms with Gasteiger partial charge in [0.15, 0.2) is 0 Å². The number of nitro groups is 1. The number of hydrogen-bond donors (Lipinski definition) is 0. The van der Waals surface area contributed by atoms with Crippen molar-refractivity contribution < 1.29 is 34.5 Å². The van der Waals surface area contributed by atoms with Crippen molar-refractivity contribution in [2.24, 2.45) is 0 Å². The maximum atomic E-state index is 9.79. The summed E-state index contributed by atoms with van der Waals surface area (Å²) in [7, 11) is 0. The molecule has 0 N–H and O–H groups in total. The second kappa shape index (κ2) is 3.60. The first-order valence-corrected chi connectivity index (χ1v) is 1.88. The summed E-state index contributed by atoms with van der Waals surface area (Å²) in [4.78, 5) is 9.25. The molecule has 0 radical (unpaired) electrons. The summed E-state index contributed by atoms with van der Waals surface area (Å²) >= 11 is 0. The van der Waals surface area contributed by atoms with Gasteiger partial charge in [0.25, 0.3) is 5.69 Å². The molecule has 5 nitrogen and oxygen atoms in total. The van der Waals surface area contributed by atoms with E-state index < -0.39 is 4.92 Å². The van der Waals surface area contributed by atoms with Crippen molar-refractivity contribution in [1.82, 2.24) is 10.2 Å².